The summed E-state index contributed by atoms with van der Waals surface area (Å²) < 4.78 is 40.7. The summed E-state index contributed by atoms with van der Waals surface area (Å²) in [7, 11) is 3.60. The molecule has 0 bridgehead atoms. The summed E-state index contributed by atoms with van der Waals surface area (Å²) >= 11 is 0. The zero-order valence-electron chi connectivity index (χ0n) is 16.7. The highest BCUT2D eigenvalue weighted by Gasteiger charge is 2.45. The smallest absolute Gasteiger partial charge is 0.331 e. The average Bonchev–Trinajstić information content (AvgIpc) is 2.71. The third-order valence-corrected chi connectivity index (χ3v) is 3.83. The van der Waals surface area contributed by atoms with Crippen molar-refractivity contribution in [3.63, 3.8) is 0 Å². The Bertz CT molecular complexity index is 563. The fourth-order valence-electron chi connectivity index (χ4n) is 2.43. The number of esters is 4. The van der Waals surface area contributed by atoms with Gasteiger partial charge in [0, 0.05) is 6.92 Å². The van der Waals surface area contributed by atoms with Crippen LogP contribution in [0.1, 0.15) is 6.92 Å². The average molecular weight is 422 g/mol. The number of hydrogen-bond acceptors (Lipinski definition) is 12. The highest BCUT2D eigenvalue weighted by Crippen LogP contribution is 2.24. The predicted octanol–water partition coefficient (Wildman–Crippen LogP) is -1.38. The van der Waals surface area contributed by atoms with Gasteiger partial charge in [0.25, 0.3) is 0 Å². The van der Waals surface area contributed by atoms with Crippen LogP contribution in [-0.4, -0.2) is 103 Å². The van der Waals surface area contributed by atoms with Crippen molar-refractivity contribution in [1.82, 2.24) is 0 Å². The van der Waals surface area contributed by atoms with Gasteiger partial charge < -0.3 is 37.9 Å². The number of carbonyl (C=O) groups is 4. The lowest BCUT2D eigenvalue weighted by atomic mass is 9.99. The van der Waals surface area contributed by atoms with Gasteiger partial charge >= 0.3 is 23.9 Å². The molecule has 0 N–H and O–H groups in total. The van der Waals surface area contributed by atoms with Gasteiger partial charge in [0.15, 0.2) is 6.10 Å². The second-order valence-corrected chi connectivity index (χ2v) is 5.81. The van der Waals surface area contributed by atoms with E-state index in [-0.39, 0.29) is 19.8 Å². The molecule has 1 aliphatic rings. The van der Waals surface area contributed by atoms with E-state index in [9.17, 15) is 19.2 Å². The van der Waals surface area contributed by atoms with Gasteiger partial charge in [-0.25, -0.2) is 14.4 Å². The Balaban J connectivity index is 2.91. The maximum atomic E-state index is 11.6. The first-order valence-corrected chi connectivity index (χ1v) is 8.62. The molecule has 1 aliphatic heterocycles. The number of rotatable bonds is 11. The van der Waals surface area contributed by atoms with Crippen LogP contribution in [0.2, 0.25) is 0 Å². The molecule has 12 nitrogen and oxygen atoms in total. The van der Waals surface area contributed by atoms with Crippen molar-refractivity contribution in [3.05, 3.63) is 0 Å². The third-order valence-electron chi connectivity index (χ3n) is 3.83. The SMILES string of the molecule is COC(=O)COC[C@H]1OC[C@H](OCC(=O)OC)[C@@H](OCC(=O)OC)[C@@H]1OC(C)=O. The molecule has 0 aromatic carbocycles. The Kier molecular flexibility index (Phi) is 11.1. The van der Waals surface area contributed by atoms with E-state index >= 15 is 0 Å². The Morgan fingerprint density at radius 2 is 1.38 bits per heavy atom. The molecule has 0 aromatic heterocycles. The number of carbonyl (C=O) groups excluding carboxylic acids is 4. The lowest BCUT2D eigenvalue weighted by molar-refractivity contribution is -0.237. The van der Waals surface area contributed by atoms with Crippen molar-refractivity contribution >= 4 is 23.9 Å². The van der Waals surface area contributed by atoms with Crippen molar-refractivity contribution in [3.8, 4) is 0 Å². The van der Waals surface area contributed by atoms with E-state index in [0.717, 1.165) is 0 Å². The molecular weight excluding hydrogens is 396 g/mol. The highest BCUT2D eigenvalue weighted by atomic mass is 16.6. The summed E-state index contributed by atoms with van der Waals surface area (Å²) in [6, 6.07) is 0. The molecule has 1 saturated heterocycles. The minimum atomic E-state index is -1.05. The van der Waals surface area contributed by atoms with Gasteiger partial charge in [-0.1, -0.05) is 0 Å². The minimum absolute atomic E-state index is 0.0626. The van der Waals surface area contributed by atoms with E-state index in [2.05, 4.69) is 14.2 Å². The number of hydrogen-bond donors (Lipinski definition) is 0. The van der Waals surface area contributed by atoms with Crippen molar-refractivity contribution in [2.45, 2.75) is 31.3 Å². The topological polar surface area (TPSA) is 142 Å². The first-order chi connectivity index (χ1) is 13.8. The van der Waals surface area contributed by atoms with Gasteiger partial charge in [0.2, 0.25) is 0 Å². The van der Waals surface area contributed by atoms with Crippen LogP contribution in [0.15, 0.2) is 0 Å². The van der Waals surface area contributed by atoms with E-state index in [0.29, 0.717) is 0 Å². The zero-order chi connectivity index (χ0) is 21.8. The van der Waals surface area contributed by atoms with Crippen LogP contribution in [0.25, 0.3) is 0 Å². The fraction of sp³-hybridized carbons (Fsp3) is 0.765. The molecule has 0 radical (unpaired) electrons. The van der Waals surface area contributed by atoms with Gasteiger partial charge in [-0.15, -0.1) is 0 Å². The molecule has 0 unspecified atom stereocenters. The van der Waals surface area contributed by atoms with Crippen LogP contribution in [0.5, 0.6) is 0 Å². The molecular formula is C17H26O12. The van der Waals surface area contributed by atoms with Crippen LogP contribution in [0.4, 0.5) is 0 Å². The standard InChI is InChI=1S/C17H26O12/c1-10(18)29-17-11(5-25-7-13(19)22-2)26-6-12(27-8-14(20)23-3)16(17)28-9-15(21)24-4/h11-12,16-17H,5-9H2,1-4H3/t11-,12+,16-,17-/m1/s1. The highest BCUT2D eigenvalue weighted by molar-refractivity contribution is 5.71. The van der Waals surface area contributed by atoms with E-state index in [4.69, 9.17) is 23.7 Å². The first kappa shape index (κ1) is 24.8. The zero-order valence-corrected chi connectivity index (χ0v) is 16.7. The first-order valence-electron chi connectivity index (χ1n) is 8.62. The summed E-state index contributed by atoms with van der Waals surface area (Å²) in [5.41, 5.74) is 0. The molecule has 12 heteroatoms. The van der Waals surface area contributed by atoms with Crippen molar-refractivity contribution in [2.24, 2.45) is 0 Å². The number of methoxy groups -OCH3 is 3. The van der Waals surface area contributed by atoms with E-state index < -0.39 is 61.5 Å². The van der Waals surface area contributed by atoms with Crippen LogP contribution in [-0.2, 0) is 57.1 Å². The van der Waals surface area contributed by atoms with Crippen LogP contribution >= 0.6 is 0 Å². The van der Waals surface area contributed by atoms with E-state index in [1.807, 2.05) is 0 Å². The maximum absolute atomic E-state index is 11.6. The second kappa shape index (κ2) is 13.0. The van der Waals surface area contributed by atoms with Crippen LogP contribution in [0.3, 0.4) is 0 Å². The summed E-state index contributed by atoms with van der Waals surface area (Å²) in [4.78, 5) is 45.7. The normalized spacial score (nSPS) is 23.7. The molecule has 0 amide bonds. The Hall–Kier alpha value is -2.28. The predicted molar refractivity (Wildman–Crippen MR) is 91.6 cm³/mol. The molecule has 1 rings (SSSR count). The van der Waals surface area contributed by atoms with Crippen molar-refractivity contribution < 1.29 is 57.1 Å². The lowest BCUT2D eigenvalue weighted by Crippen LogP contribution is -2.58. The summed E-state index contributed by atoms with van der Waals surface area (Å²) in [6.45, 7) is -0.199. The van der Waals surface area contributed by atoms with Crippen molar-refractivity contribution in [2.75, 3.05) is 54.4 Å². The largest absolute Gasteiger partial charge is 0.467 e. The quantitative estimate of drug-likeness (QED) is 0.286. The molecule has 0 saturated carbocycles. The Morgan fingerprint density at radius 3 is 1.93 bits per heavy atom. The fourth-order valence-corrected chi connectivity index (χ4v) is 2.43. The molecule has 0 aliphatic carbocycles. The monoisotopic (exact) mass is 422 g/mol. The lowest BCUT2D eigenvalue weighted by Gasteiger charge is -2.41. The summed E-state index contributed by atoms with van der Waals surface area (Å²) in [6.07, 6.45) is -3.72. The molecule has 1 fully saturated rings. The summed E-state index contributed by atoms with van der Waals surface area (Å²) in [5.74, 6) is -2.54. The Morgan fingerprint density at radius 1 is 0.828 bits per heavy atom. The second-order valence-electron chi connectivity index (χ2n) is 5.81. The van der Waals surface area contributed by atoms with Gasteiger partial charge in [0.1, 0.15) is 38.1 Å². The number of ether oxygens (including phenoxy) is 8. The van der Waals surface area contributed by atoms with Crippen LogP contribution < -0.4 is 0 Å². The van der Waals surface area contributed by atoms with Gasteiger partial charge in [-0.2, -0.15) is 0 Å². The third kappa shape index (κ3) is 8.73. The molecule has 1 heterocycles. The Labute approximate surface area is 167 Å². The van der Waals surface area contributed by atoms with Crippen LogP contribution in [0, 0.1) is 0 Å². The van der Waals surface area contributed by atoms with Gasteiger partial charge in [-0.3, -0.25) is 4.79 Å². The van der Waals surface area contributed by atoms with Gasteiger partial charge in [-0.05, 0) is 0 Å². The van der Waals surface area contributed by atoms with E-state index in [1.54, 1.807) is 0 Å². The van der Waals surface area contributed by atoms with Gasteiger partial charge in [0.05, 0.1) is 34.5 Å². The molecule has 29 heavy (non-hydrogen) atoms. The van der Waals surface area contributed by atoms with Crippen molar-refractivity contribution in [1.29, 1.82) is 0 Å². The molecule has 0 spiro atoms. The van der Waals surface area contributed by atoms with E-state index in [1.165, 1.54) is 28.3 Å². The maximum Gasteiger partial charge on any atom is 0.331 e. The molecule has 4 atom stereocenters. The molecule has 166 valence electrons. The summed E-state index contributed by atoms with van der Waals surface area (Å²) in [5, 5.41) is 0. The minimum Gasteiger partial charge on any atom is -0.467 e. The molecule has 0 aromatic rings.